The van der Waals surface area contributed by atoms with Crippen LogP contribution in [0, 0.1) is 0 Å². The largest absolute Gasteiger partial charge is 0.476 e. The monoisotopic (exact) mass is 224 g/mol. The van der Waals surface area contributed by atoms with Gasteiger partial charge in [-0.05, 0) is 24.6 Å². The van der Waals surface area contributed by atoms with Gasteiger partial charge >= 0.3 is 0 Å². The standard InChI is InChI=1S/C11H13ClN2O/c1-3-6-15-11-9-7-8(12)4-5-10(9)14(2)13-11/h4-5,7H,3,6H2,1-2H3. The van der Waals surface area contributed by atoms with Gasteiger partial charge in [0.25, 0.3) is 0 Å². The third-order valence-corrected chi connectivity index (χ3v) is 2.46. The SMILES string of the molecule is CCCOc1nn(C)c2ccc(Cl)cc12. The van der Waals surface area contributed by atoms with Crippen LogP contribution in [-0.2, 0) is 7.05 Å². The van der Waals surface area contributed by atoms with E-state index in [0.717, 1.165) is 17.3 Å². The molecule has 2 rings (SSSR count). The van der Waals surface area contributed by atoms with E-state index >= 15 is 0 Å². The zero-order chi connectivity index (χ0) is 10.8. The van der Waals surface area contributed by atoms with Crippen LogP contribution in [0.4, 0.5) is 0 Å². The van der Waals surface area contributed by atoms with Gasteiger partial charge in [-0.3, -0.25) is 4.68 Å². The molecule has 0 radical (unpaired) electrons. The Morgan fingerprint density at radius 1 is 1.47 bits per heavy atom. The molecule has 1 aromatic heterocycles. The topological polar surface area (TPSA) is 27.1 Å². The van der Waals surface area contributed by atoms with Crippen LogP contribution in [0.5, 0.6) is 5.88 Å². The maximum atomic E-state index is 5.94. The molecule has 80 valence electrons. The molecule has 4 heteroatoms. The van der Waals surface area contributed by atoms with E-state index in [9.17, 15) is 0 Å². The first-order valence-electron chi connectivity index (χ1n) is 4.97. The molecule has 0 fully saturated rings. The second-order valence-corrected chi connectivity index (χ2v) is 3.88. The number of hydrogen-bond donors (Lipinski definition) is 0. The summed E-state index contributed by atoms with van der Waals surface area (Å²) in [6, 6.07) is 5.69. The maximum absolute atomic E-state index is 5.94. The Morgan fingerprint density at radius 3 is 3.00 bits per heavy atom. The average Bonchev–Trinajstić information content (AvgIpc) is 2.52. The van der Waals surface area contributed by atoms with Crippen LogP contribution >= 0.6 is 11.6 Å². The van der Waals surface area contributed by atoms with Gasteiger partial charge in [0.2, 0.25) is 5.88 Å². The van der Waals surface area contributed by atoms with Gasteiger partial charge in [-0.2, -0.15) is 0 Å². The quantitative estimate of drug-likeness (QED) is 0.802. The fourth-order valence-corrected chi connectivity index (χ4v) is 1.68. The smallest absolute Gasteiger partial charge is 0.240 e. The van der Waals surface area contributed by atoms with Gasteiger partial charge in [-0.15, -0.1) is 5.10 Å². The van der Waals surface area contributed by atoms with Crippen LogP contribution < -0.4 is 4.74 Å². The third kappa shape index (κ3) is 1.92. The lowest BCUT2D eigenvalue weighted by Gasteiger charge is -1.99. The van der Waals surface area contributed by atoms with Crippen molar-refractivity contribution >= 4 is 22.5 Å². The summed E-state index contributed by atoms with van der Waals surface area (Å²) in [5.41, 5.74) is 1.03. The van der Waals surface area contributed by atoms with Crippen LogP contribution in [0.25, 0.3) is 10.9 Å². The lowest BCUT2D eigenvalue weighted by molar-refractivity contribution is 0.305. The molecule has 3 nitrogen and oxygen atoms in total. The van der Waals surface area contributed by atoms with Crippen LogP contribution in [-0.4, -0.2) is 16.4 Å². The van der Waals surface area contributed by atoms with Gasteiger partial charge in [-0.25, -0.2) is 0 Å². The third-order valence-electron chi connectivity index (χ3n) is 2.22. The van der Waals surface area contributed by atoms with E-state index in [4.69, 9.17) is 16.3 Å². The molecule has 0 atom stereocenters. The molecular formula is C11H13ClN2O. The number of halogens is 1. The minimum atomic E-state index is 0.664. The van der Waals surface area contributed by atoms with Gasteiger partial charge in [0.1, 0.15) is 0 Å². The summed E-state index contributed by atoms with van der Waals surface area (Å²) in [6.45, 7) is 2.75. The minimum Gasteiger partial charge on any atom is -0.476 e. The molecule has 0 unspecified atom stereocenters. The number of aryl methyl sites for hydroxylation is 1. The molecule has 1 heterocycles. The summed E-state index contributed by atoms with van der Waals surface area (Å²) in [6.07, 6.45) is 0.971. The summed E-state index contributed by atoms with van der Waals surface area (Å²) in [7, 11) is 1.90. The van der Waals surface area contributed by atoms with E-state index in [1.54, 1.807) is 4.68 Å². The number of benzene rings is 1. The summed E-state index contributed by atoms with van der Waals surface area (Å²) >= 11 is 5.94. The highest BCUT2D eigenvalue weighted by Crippen LogP contribution is 2.27. The predicted molar refractivity (Wildman–Crippen MR) is 61.5 cm³/mol. The fourth-order valence-electron chi connectivity index (χ4n) is 1.51. The zero-order valence-corrected chi connectivity index (χ0v) is 9.58. The van der Waals surface area contributed by atoms with E-state index in [1.165, 1.54) is 0 Å². The van der Waals surface area contributed by atoms with Crippen molar-refractivity contribution in [1.29, 1.82) is 0 Å². The maximum Gasteiger partial charge on any atom is 0.240 e. The van der Waals surface area contributed by atoms with Crippen molar-refractivity contribution in [2.45, 2.75) is 13.3 Å². The Kier molecular flexibility index (Phi) is 2.82. The first kappa shape index (κ1) is 10.3. The van der Waals surface area contributed by atoms with Crippen LogP contribution in [0.15, 0.2) is 18.2 Å². The lowest BCUT2D eigenvalue weighted by Crippen LogP contribution is -1.96. The molecule has 0 saturated carbocycles. The Hall–Kier alpha value is -1.22. The molecule has 0 aliphatic rings. The number of ether oxygens (including phenoxy) is 1. The first-order chi connectivity index (χ1) is 7.22. The van der Waals surface area contributed by atoms with Gasteiger partial charge in [0.15, 0.2) is 0 Å². The molecule has 0 saturated heterocycles. The van der Waals surface area contributed by atoms with E-state index in [0.29, 0.717) is 17.5 Å². The van der Waals surface area contributed by atoms with Gasteiger partial charge in [0, 0.05) is 12.1 Å². The molecule has 0 bridgehead atoms. The highest BCUT2D eigenvalue weighted by molar-refractivity contribution is 6.31. The lowest BCUT2D eigenvalue weighted by atomic mass is 10.2. The molecule has 0 spiro atoms. The van der Waals surface area contributed by atoms with Crippen molar-refractivity contribution in [3.05, 3.63) is 23.2 Å². The van der Waals surface area contributed by atoms with Crippen molar-refractivity contribution in [2.24, 2.45) is 7.05 Å². The zero-order valence-electron chi connectivity index (χ0n) is 8.83. The summed E-state index contributed by atoms with van der Waals surface area (Å²) in [5.74, 6) is 0.664. The first-order valence-corrected chi connectivity index (χ1v) is 5.35. The highest BCUT2D eigenvalue weighted by atomic mass is 35.5. The number of aromatic nitrogens is 2. The Bertz CT molecular complexity index is 479. The van der Waals surface area contributed by atoms with Crippen molar-refractivity contribution < 1.29 is 4.74 Å². The van der Waals surface area contributed by atoms with E-state index in [1.807, 2.05) is 25.2 Å². The summed E-state index contributed by atoms with van der Waals surface area (Å²) in [5, 5.41) is 5.98. The van der Waals surface area contributed by atoms with E-state index in [-0.39, 0.29) is 0 Å². The molecule has 2 aromatic rings. The highest BCUT2D eigenvalue weighted by Gasteiger charge is 2.09. The van der Waals surface area contributed by atoms with Crippen molar-refractivity contribution in [2.75, 3.05) is 6.61 Å². The molecule has 0 aliphatic carbocycles. The fraction of sp³-hybridized carbons (Fsp3) is 0.364. The molecule has 1 aromatic carbocycles. The molecule has 15 heavy (non-hydrogen) atoms. The molecule has 0 aliphatic heterocycles. The minimum absolute atomic E-state index is 0.664. The number of hydrogen-bond acceptors (Lipinski definition) is 2. The average molecular weight is 225 g/mol. The number of fused-ring (bicyclic) bond motifs is 1. The Morgan fingerprint density at radius 2 is 2.27 bits per heavy atom. The van der Waals surface area contributed by atoms with Crippen molar-refractivity contribution in [3.63, 3.8) is 0 Å². The van der Waals surface area contributed by atoms with Crippen LogP contribution in [0.2, 0.25) is 5.02 Å². The summed E-state index contributed by atoms with van der Waals surface area (Å²) < 4.78 is 7.36. The predicted octanol–water partition coefficient (Wildman–Crippen LogP) is 3.02. The van der Waals surface area contributed by atoms with Crippen molar-refractivity contribution in [1.82, 2.24) is 9.78 Å². The van der Waals surface area contributed by atoms with E-state index in [2.05, 4.69) is 12.0 Å². The van der Waals surface area contributed by atoms with Crippen LogP contribution in [0.1, 0.15) is 13.3 Å². The molecular weight excluding hydrogens is 212 g/mol. The van der Waals surface area contributed by atoms with Gasteiger partial charge < -0.3 is 4.74 Å². The second-order valence-electron chi connectivity index (χ2n) is 3.44. The molecule has 0 amide bonds. The number of nitrogens with zero attached hydrogens (tertiary/aromatic N) is 2. The van der Waals surface area contributed by atoms with Crippen LogP contribution in [0.3, 0.4) is 0 Å². The summed E-state index contributed by atoms with van der Waals surface area (Å²) in [4.78, 5) is 0. The second kappa shape index (κ2) is 4.11. The number of rotatable bonds is 3. The molecule has 0 N–H and O–H groups in total. The van der Waals surface area contributed by atoms with Gasteiger partial charge in [0.05, 0.1) is 17.5 Å². The van der Waals surface area contributed by atoms with Gasteiger partial charge in [-0.1, -0.05) is 18.5 Å². The Balaban J connectivity index is 2.49. The normalized spacial score (nSPS) is 10.9. The Labute approximate surface area is 93.6 Å². The van der Waals surface area contributed by atoms with E-state index < -0.39 is 0 Å². The van der Waals surface area contributed by atoms with Crippen molar-refractivity contribution in [3.8, 4) is 5.88 Å².